The minimum absolute atomic E-state index is 0.00271. The van der Waals surface area contributed by atoms with E-state index in [-0.39, 0.29) is 11.2 Å². The molecule has 0 aromatic carbocycles. The summed E-state index contributed by atoms with van der Waals surface area (Å²) in [6.45, 7) is 11.2. The van der Waals surface area contributed by atoms with Crippen LogP contribution >= 0.6 is 0 Å². The van der Waals surface area contributed by atoms with Crippen molar-refractivity contribution in [1.82, 2.24) is 5.32 Å². The lowest BCUT2D eigenvalue weighted by Gasteiger charge is -2.53. The Morgan fingerprint density at radius 1 is 1.19 bits per heavy atom. The van der Waals surface area contributed by atoms with Crippen molar-refractivity contribution in [2.24, 2.45) is 11.8 Å². The summed E-state index contributed by atoms with van der Waals surface area (Å²) in [7, 11) is 0. The molecule has 1 aliphatic carbocycles. The lowest BCUT2D eigenvalue weighted by atomic mass is 9.69. The topological polar surface area (TPSA) is 21.3 Å². The van der Waals surface area contributed by atoms with Crippen LogP contribution in [0.1, 0.15) is 53.4 Å². The molecule has 1 spiro atoms. The van der Waals surface area contributed by atoms with Crippen molar-refractivity contribution in [3.05, 3.63) is 0 Å². The summed E-state index contributed by atoms with van der Waals surface area (Å²) in [4.78, 5) is 0. The normalized spacial score (nSPS) is 39.2. The zero-order chi connectivity index (χ0) is 11.8. The Kier molecular flexibility index (Phi) is 3.33. The van der Waals surface area contributed by atoms with E-state index in [4.69, 9.17) is 4.74 Å². The van der Waals surface area contributed by atoms with Crippen LogP contribution in [0.2, 0.25) is 0 Å². The minimum atomic E-state index is 0.00271. The molecule has 2 heteroatoms. The third-order valence-corrected chi connectivity index (χ3v) is 4.30. The largest absolute Gasteiger partial charge is 0.366 e. The van der Waals surface area contributed by atoms with Crippen molar-refractivity contribution in [1.29, 1.82) is 0 Å². The van der Waals surface area contributed by atoms with Gasteiger partial charge < -0.3 is 10.1 Å². The molecule has 0 amide bonds. The molecule has 2 aliphatic rings. The summed E-state index contributed by atoms with van der Waals surface area (Å²) >= 11 is 0. The van der Waals surface area contributed by atoms with Crippen LogP contribution in [-0.2, 0) is 4.74 Å². The van der Waals surface area contributed by atoms with Crippen LogP contribution in [0.15, 0.2) is 0 Å². The van der Waals surface area contributed by atoms with Crippen molar-refractivity contribution < 1.29 is 4.74 Å². The van der Waals surface area contributed by atoms with Crippen LogP contribution < -0.4 is 5.32 Å². The van der Waals surface area contributed by atoms with Gasteiger partial charge in [0, 0.05) is 13.1 Å². The van der Waals surface area contributed by atoms with Crippen LogP contribution in [0.25, 0.3) is 0 Å². The van der Waals surface area contributed by atoms with Crippen LogP contribution in [0, 0.1) is 11.8 Å². The summed E-state index contributed by atoms with van der Waals surface area (Å²) in [6.07, 6.45) is 5.30. The van der Waals surface area contributed by atoms with E-state index >= 15 is 0 Å². The Balaban J connectivity index is 2.19. The van der Waals surface area contributed by atoms with Crippen LogP contribution in [0.3, 0.4) is 0 Å². The molecular formula is C14H27NO. The number of hydrogen-bond acceptors (Lipinski definition) is 2. The predicted octanol–water partition coefficient (Wildman–Crippen LogP) is 2.97. The van der Waals surface area contributed by atoms with Gasteiger partial charge in [-0.1, -0.05) is 26.7 Å². The Hall–Kier alpha value is -0.0800. The van der Waals surface area contributed by atoms with Gasteiger partial charge >= 0.3 is 0 Å². The van der Waals surface area contributed by atoms with E-state index in [0.717, 1.165) is 24.9 Å². The van der Waals surface area contributed by atoms with E-state index in [1.54, 1.807) is 0 Å². The van der Waals surface area contributed by atoms with E-state index in [1.165, 1.54) is 25.7 Å². The molecule has 16 heavy (non-hydrogen) atoms. The molecule has 94 valence electrons. The molecule has 2 atom stereocenters. The number of ether oxygens (including phenoxy) is 1. The maximum atomic E-state index is 6.51. The van der Waals surface area contributed by atoms with Gasteiger partial charge in [-0.3, -0.25) is 0 Å². The highest BCUT2D eigenvalue weighted by Gasteiger charge is 2.48. The molecule has 0 aromatic heterocycles. The van der Waals surface area contributed by atoms with Crippen molar-refractivity contribution in [3.63, 3.8) is 0 Å². The highest BCUT2D eigenvalue weighted by atomic mass is 16.5. The standard InChI is InChI=1S/C14H27NO/c1-11(2)12-7-5-6-8-14(12)10-15-9-13(3,4)16-14/h11-12,15H,5-10H2,1-4H3. The lowest BCUT2D eigenvalue weighted by molar-refractivity contribution is -0.207. The summed E-state index contributed by atoms with van der Waals surface area (Å²) in [6, 6.07) is 0. The van der Waals surface area contributed by atoms with E-state index in [0.29, 0.717) is 0 Å². The molecule has 2 nitrogen and oxygen atoms in total. The van der Waals surface area contributed by atoms with E-state index in [9.17, 15) is 0 Å². The third kappa shape index (κ3) is 2.28. The van der Waals surface area contributed by atoms with Gasteiger partial charge in [0.05, 0.1) is 11.2 Å². The van der Waals surface area contributed by atoms with Crippen LogP contribution in [-0.4, -0.2) is 24.3 Å². The SMILES string of the molecule is CC(C)C1CCCCC12CNCC(C)(C)O2. The first-order valence-electron chi connectivity index (χ1n) is 6.86. The lowest BCUT2D eigenvalue weighted by Crippen LogP contribution is -2.62. The molecule has 1 N–H and O–H groups in total. The highest BCUT2D eigenvalue weighted by Crippen LogP contribution is 2.44. The van der Waals surface area contributed by atoms with Gasteiger partial charge in [0.15, 0.2) is 0 Å². The van der Waals surface area contributed by atoms with E-state index in [1.807, 2.05) is 0 Å². The summed E-state index contributed by atoms with van der Waals surface area (Å²) < 4.78 is 6.51. The van der Waals surface area contributed by atoms with Gasteiger partial charge in [0.2, 0.25) is 0 Å². The Bertz CT molecular complexity index is 245. The van der Waals surface area contributed by atoms with Crippen molar-refractivity contribution in [2.45, 2.75) is 64.6 Å². The summed E-state index contributed by atoms with van der Waals surface area (Å²) in [5.41, 5.74) is 0.122. The van der Waals surface area contributed by atoms with Crippen molar-refractivity contribution in [3.8, 4) is 0 Å². The number of nitrogens with one attached hydrogen (secondary N) is 1. The van der Waals surface area contributed by atoms with Gasteiger partial charge in [-0.2, -0.15) is 0 Å². The fourth-order valence-electron chi connectivity index (χ4n) is 3.72. The third-order valence-electron chi connectivity index (χ3n) is 4.30. The molecule has 0 radical (unpaired) electrons. The predicted molar refractivity (Wildman–Crippen MR) is 67.6 cm³/mol. The molecular weight excluding hydrogens is 198 g/mol. The number of hydrogen-bond donors (Lipinski definition) is 1. The second-order valence-corrected chi connectivity index (χ2v) is 6.63. The molecule has 1 saturated carbocycles. The molecule has 2 unspecified atom stereocenters. The van der Waals surface area contributed by atoms with Crippen molar-refractivity contribution in [2.75, 3.05) is 13.1 Å². The smallest absolute Gasteiger partial charge is 0.0844 e. The molecule has 0 aromatic rings. The van der Waals surface area contributed by atoms with Crippen LogP contribution in [0.5, 0.6) is 0 Å². The molecule has 2 rings (SSSR count). The van der Waals surface area contributed by atoms with Gasteiger partial charge in [0.25, 0.3) is 0 Å². The number of morpholine rings is 1. The van der Waals surface area contributed by atoms with Gasteiger partial charge in [-0.25, -0.2) is 0 Å². The monoisotopic (exact) mass is 225 g/mol. The van der Waals surface area contributed by atoms with E-state index < -0.39 is 0 Å². The zero-order valence-corrected chi connectivity index (χ0v) is 11.3. The second-order valence-electron chi connectivity index (χ2n) is 6.63. The molecule has 1 heterocycles. The maximum absolute atomic E-state index is 6.51. The maximum Gasteiger partial charge on any atom is 0.0844 e. The van der Waals surface area contributed by atoms with Gasteiger partial charge in [0.1, 0.15) is 0 Å². The highest BCUT2D eigenvalue weighted by molar-refractivity contribution is 5.00. The fourth-order valence-corrected chi connectivity index (χ4v) is 3.72. The minimum Gasteiger partial charge on any atom is -0.366 e. The summed E-state index contributed by atoms with van der Waals surface area (Å²) in [5, 5.41) is 3.60. The zero-order valence-electron chi connectivity index (χ0n) is 11.3. The average molecular weight is 225 g/mol. The second kappa shape index (κ2) is 4.30. The molecule has 0 bridgehead atoms. The Morgan fingerprint density at radius 3 is 2.56 bits per heavy atom. The first-order valence-corrected chi connectivity index (χ1v) is 6.86. The summed E-state index contributed by atoms with van der Waals surface area (Å²) in [5.74, 6) is 1.46. The average Bonchev–Trinajstić information content (AvgIpc) is 2.15. The van der Waals surface area contributed by atoms with Crippen molar-refractivity contribution >= 4 is 0 Å². The molecule has 1 saturated heterocycles. The van der Waals surface area contributed by atoms with E-state index in [2.05, 4.69) is 33.0 Å². The fraction of sp³-hybridized carbons (Fsp3) is 1.00. The van der Waals surface area contributed by atoms with Crippen LogP contribution in [0.4, 0.5) is 0 Å². The number of rotatable bonds is 1. The molecule has 1 aliphatic heterocycles. The first kappa shape index (κ1) is 12.4. The Morgan fingerprint density at radius 2 is 1.94 bits per heavy atom. The van der Waals surface area contributed by atoms with Gasteiger partial charge in [-0.05, 0) is 38.5 Å². The Labute approximate surface area is 100 Å². The van der Waals surface area contributed by atoms with Gasteiger partial charge in [-0.15, -0.1) is 0 Å². The molecule has 2 fully saturated rings. The first-order chi connectivity index (χ1) is 7.45. The quantitative estimate of drug-likeness (QED) is 0.741.